The lowest BCUT2D eigenvalue weighted by molar-refractivity contribution is 0.281. The maximum atomic E-state index is 8.86. The van der Waals surface area contributed by atoms with Gasteiger partial charge in [0.2, 0.25) is 0 Å². The highest BCUT2D eigenvalue weighted by molar-refractivity contribution is 6.32. The van der Waals surface area contributed by atoms with Crippen molar-refractivity contribution in [2.24, 2.45) is 0 Å². The summed E-state index contributed by atoms with van der Waals surface area (Å²) >= 11 is 11.4. The molecule has 0 aromatic heterocycles. The number of hydrogen-bond acceptors (Lipinski definition) is 1. The smallest absolute Gasteiger partial charge is 0.0685 e. The Labute approximate surface area is 75.6 Å². The molecule has 1 rings (SSSR count). The van der Waals surface area contributed by atoms with Gasteiger partial charge < -0.3 is 5.11 Å². The highest BCUT2D eigenvalue weighted by Crippen LogP contribution is 2.21. The van der Waals surface area contributed by atoms with E-state index in [1.54, 1.807) is 12.1 Å². The van der Waals surface area contributed by atoms with Gasteiger partial charge in [-0.05, 0) is 17.2 Å². The van der Waals surface area contributed by atoms with Crippen molar-refractivity contribution >= 4 is 23.2 Å². The monoisotopic (exact) mass is 190 g/mol. The van der Waals surface area contributed by atoms with Crippen molar-refractivity contribution in [3.8, 4) is 0 Å². The van der Waals surface area contributed by atoms with E-state index in [9.17, 15) is 0 Å². The Hall–Kier alpha value is -0.240. The molecule has 0 bridgehead atoms. The van der Waals surface area contributed by atoms with Crippen LogP contribution in [0.1, 0.15) is 11.1 Å². The zero-order valence-electron chi connectivity index (χ0n) is 5.85. The molecule has 0 saturated heterocycles. The topological polar surface area (TPSA) is 20.2 Å². The van der Waals surface area contributed by atoms with Crippen LogP contribution in [0.5, 0.6) is 0 Å². The van der Waals surface area contributed by atoms with Crippen LogP contribution in [0.4, 0.5) is 0 Å². The van der Waals surface area contributed by atoms with Crippen LogP contribution in [-0.2, 0) is 12.5 Å². The summed E-state index contributed by atoms with van der Waals surface area (Å²) in [6, 6.07) is 5.37. The largest absolute Gasteiger partial charge is 0.392 e. The second-order valence-electron chi connectivity index (χ2n) is 2.17. The maximum absolute atomic E-state index is 8.86. The molecule has 0 unspecified atom stereocenters. The second-order valence-corrected chi connectivity index (χ2v) is 2.84. The summed E-state index contributed by atoms with van der Waals surface area (Å²) in [5, 5.41) is 9.47. The van der Waals surface area contributed by atoms with Crippen LogP contribution in [0.25, 0.3) is 0 Å². The lowest BCUT2D eigenvalue weighted by atomic mass is 10.1. The van der Waals surface area contributed by atoms with Crippen LogP contribution >= 0.6 is 23.2 Å². The van der Waals surface area contributed by atoms with Crippen molar-refractivity contribution in [1.82, 2.24) is 0 Å². The number of benzene rings is 1. The molecular formula is C8H8Cl2O. The van der Waals surface area contributed by atoms with E-state index in [4.69, 9.17) is 28.3 Å². The van der Waals surface area contributed by atoms with Crippen molar-refractivity contribution in [3.05, 3.63) is 34.3 Å². The molecule has 0 amide bonds. The first-order valence-corrected chi connectivity index (χ1v) is 4.14. The molecule has 0 fully saturated rings. The summed E-state index contributed by atoms with van der Waals surface area (Å²) in [6.07, 6.45) is 0. The molecule has 0 aliphatic rings. The molecule has 0 aliphatic heterocycles. The van der Waals surface area contributed by atoms with Crippen LogP contribution in [0.15, 0.2) is 18.2 Å². The molecule has 0 aliphatic carbocycles. The van der Waals surface area contributed by atoms with E-state index in [0.717, 1.165) is 11.1 Å². The van der Waals surface area contributed by atoms with E-state index >= 15 is 0 Å². The minimum atomic E-state index is -0.0113. The second kappa shape index (κ2) is 3.96. The molecule has 3 heteroatoms. The van der Waals surface area contributed by atoms with Gasteiger partial charge in [0.15, 0.2) is 0 Å². The molecule has 60 valence electrons. The number of rotatable bonds is 2. The average Bonchev–Trinajstić information content (AvgIpc) is 2.04. The quantitative estimate of drug-likeness (QED) is 0.712. The molecule has 0 spiro atoms. The third kappa shape index (κ3) is 1.86. The number of aliphatic hydroxyl groups excluding tert-OH is 1. The van der Waals surface area contributed by atoms with Gasteiger partial charge in [0.1, 0.15) is 0 Å². The Bertz CT molecular complexity index is 248. The number of aliphatic hydroxyl groups is 1. The van der Waals surface area contributed by atoms with Crippen LogP contribution < -0.4 is 0 Å². The summed E-state index contributed by atoms with van der Waals surface area (Å²) in [7, 11) is 0. The fraction of sp³-hybridized carbons (Fsp3) is 0.250. The number of halogens is 2. The summed E-state index contributed by atoms with van der Waals surface area (Å²) in [6.45, 7) is -0.0113. The Morgan fingerprint density at radius 3 is 2.55 bits per heavy atom. The van der Waals surface area contributed by atoms with Crippen molar-refractivity contribution < 1.29 is 5.11 Å². The molecule has 0 saturated carbocycles. The molecule has 11 heavy (non-hydrogen) atoms. The first kappa shape index (κ1) is 8.85. The summed E-state index contributed by atoms with van der Waals surface area (Å²) in [4.78, 5) is 0. The average molecular weight is 191 g/mol. The van der Waals surface area contributed by atoms with Gasteiger partial charge in [-0.25, -0.2) is 0 Å². The number of hydrogen-bond donors (Lipinski definition) is 1. The predicted molar refractivity (Wildman–Crippen MR) is 46.9 cm³/mol. The third-order valence-corrected chi connectivity index (χ3v) is 2.14. The maximum Gasteiger partial charge on any atom is 0.0685 e. The molecule has 0 atom stereocenters. The molecule has 0 radical (unpaired) electrons. The van der Waals surface area contributed by atoms with Gasteiger partial charge >= 0.3 is 0 Å². The molecule has 1 aromatic carbocycles. The molecule has 1 nitrogen and oxygen atoms in total. The van der Waals surface area contributed by atoms with Crippen LogP contribution in [0.3, 0.4) is 0 Å². The summed E-state index contributed by atoms with van der Waals surface area (Å²) in [5.41, 5.74) is 1.62. The van der Waals surface area contributed by atoms with E-state index in [1.807, 2.05) is 6.07 Å². The first-order chi connectivity index (χ1) is 5.29. The van der Waals surface area contributed by atoms with Crippen molar-refractivity contribution in [3.63, 3.8) is 0 Å². The van der Waals surface area contributed by atoms with Crippen molar-refractivity contribution in [2.45, 2.75) is 12.5 Å². The lowest BCUT2D eigenvalue weighted by Gasteiger charge is -2.04. The Morgan fingerprint density at radius 1 is 1.36 bits per heavy atom. The van der Waals surface area contributed by atoms with Gasteiger partial charge in [-0.2, -0.15) is 0 Å². The summed E-state index contributed by atoms with van der Waals surface area (Å²) in [5.74, 6) is 0.343. The van der Waals surface area contributed by atoms with Gasteiger partial charge in [0.05, 0.1) is 6.61 Å². The van der Waals surface area contributed by atoms with Crippen LogP contribution in [0.2, 0.25) is 5.02 Å². The minimum absolute atomic E-state index is 0.0113. The van der Waals surface area contributed by atoms with E-state index in [1.165, 1.54) is 0 Å². The molecule has 1 aromatic rings. The molecule has 0 heterocycles. The third-order valence-electron chi connectivity index (χ3n) is 1.52. The normalized spacial score (nSPS) is 10.1. The molecular weight excluding hydrogens is 183 g/mol. The lowest BCUT2D eigenvalue weighted by Crippen LogP contribution is -1.91. The van der Waals surface area contributed by atoms with E-state index in [-0.39, 0.29) is 6.61 Å². The highest BCUT2D eigenvalue weighted by Gasteiger charge is 2.03. The van der Waals surface area contributed by atoms with Gasteiger partial charge in [-0.15, -0.1) is 11.6 Å². The fourth-order valence-corrected chi connectivity index (χ4v) is 1.55. The predicted octanol–water partition coefficient (Wildman–Crippen LogP) is 2.57. The number of alkyl halides is 1. The Balaban J connectivity index is 3.13. The van der Waals surface area contributed by atoms with Gasteiger partial charge in [0, 0.05) is 10.9 Å². The van der Waals surface area contributed by atoms with Crippen LogP contribution in [0, 0.1) is 0 Å². The zero-order chi connectivity index (χ0) is 8.27. The Kier molecular flexibility index (Phi) is 3.18. The van der Waals surface area contributed by atoms with E-state index < -0.39 is 0 Å². The standard InChI is InChI=1S/C8H8Cl2O/c9-4-7-6(5-11)2-1-3-8(7)10/h1-3,11H,4-5H2. The van der Waals surface area contributed by atoms with Gasteiger partial charge in [-0.3, -0.25) is 0 Å². The fourth-order valence-electron chi connectivity index (χ4n) is 0.901. The SMILES string of the molecule is OCc1cccc(Cl)c1CCl. The van der Waals surface area contributed by atoms with Gasteiger partial charge in [0.25, 0.3) is 0 Å². The van der Waals surface area contributed by atoms with Crippen molar-refractivity contribution in [2.75, 3.05) is 0 Å². The summed E-state index contributed by atoms with van der Waals surface area (Å²) < 4.78 is 0. The van der Waals surface area contributed by atoms with Gasteiger partial charge in [-0.1, -0.05) is 23.7 Å². The van der Waals surface area contributed by atoms with E-state index in [2.05, 4.69) is 0 Å². The zero-order valence-corrected chi connectivity index (χ0v) is 7.36. The highest BCUT2D eigenvalue weighted by atomic mass is 35.5. The van der Waals surface area contributed by atoms with Crippen molar-refractivity contribution in [1.29, 1.82) is 0 Å². The van der Waals surface area contributed by atoms with Crippen LogP contribution in [-0.4, -0.2) is 5.11 Å². The van der Waals surface area contributed by atoms with E-state index in [0.29, 0.717) is 10.9 Å². The molecule has 1 N–H and O–H groups in total. The minimum Gasteiger partial charge on any atom is -0.392 e. The Morgan fingerprint density at radius 2 is 2.09 bits per heavy atom. The first-order valence-electron chi connectivity index (χ1n) is 3.22.